The fourth-order valence-corrected chi connectivity index (χ4v) is 5.60. The number of nitrogens with zero attached hydrogens (tertiary/aromatic N) is 2. The van der Waals surface area contributed by atoms with Gasteiger partial charge >= 0.3 is 0 Å². The number of sulfonamides is 1. The Morgan fingerprint density at radius 1 is 1.11 bits per heavy atom. The summed E-state index contributed by atoms with van der Waals surface area (Å²) in [7, 11) is -2.47. The molecule has 1 unspecified atom stereocenters. The molecule has 202 valence electrons. The number of ether oxygens (including phenoxy) is 1. The van der Waals surface area contributed by atoms with Crippen LogP contribution in [0.3, 0.4) is 0 Å². The molecule has 10 heteroatoms. The second-order valence-electron chi connectivity index (χ2n) is 9.43. The molecule has 0 saturated heterocycles. The van der Waals surface area contributed by atoms with E-state index in [-0.39, 0.29) is 29.9 Å². The topological polar surface area (TPSA) is 96.0 Å². The number of rotatable bonds is 11. The van der Waals surface area contributed by atoms with E-state index >= 15 is 0 Å². The van der Waals surface area contributed by atoms with Gasteiger partial charge in [0.2, 0.25) is 21.8 Å². The highest BCUT2D eigenvalue weighted by Gasteiger charge is 2.32. The number of anilines is 1. The summed E-state index contributed by atoms with van der Waals surface area (Å²) in [6, 6.07) is 13.5. The molecule has 1 aliphatic rings. The number of methoxy groups -OCH3 is 1. The van der Waals surface area contributed by atoms with Crippen molar-refractivity contribution in [2.75, 3.05) is 30.8 Å². The van der Waals surface area contributed by atoms with E-state index in [1.807, 2.05) is 30.3 Å². The molecule has 2 aromatic rings. The SMILES string of the molecule is COc1ccc(Cl)cc1N(CC(=O)N(CCc1ccccc1)C(C)C(=O)NC1CCCCC1)S(C)(=O)=O. The molecular weight excluding hydrogens is 514 g/mol. The van der Waals surface area contributed by atoms with Gasteiger partial charge in [0.1, 0.15) is 18.3 Å². The van der Waals surface area contributed by atoms with Crippen LogP contribution in [0.4, 0.5) is 5.69 Å². The molecule has 2 aromatic carbocycles. The van der Waals surface area contributed by atoms with E-state index in [0.29, 0.717) is 11.4 Å². The van der Waals surface area contributed by atoms with Crippen LogP contribution >= 0.6 is 11.6 Å². The standard InChI is InChI=1S/C27H36ClN3O5S/c1-20(27(33)29-23-12-8-5-9-13-23)30(17-16-21-10-6-4-7-11-21)26(32)19-31(37(3,34)35)24-18-22(28)14-15-25(24)36-2/h4,6-7,10-11,14-15,18,20,23H,5,8-9,12-13,16-17,19H2,1-3H3,(H,29,33). The summed E-state index contributed by atoms with van der Waals surface area (Å²) in [6.45, 7) is 1.45. The molecule has 1 saturated carbocycles. The van der Waals surface area contributed by atoms with Crippen molar-refractivity contribution in [2.24, 2.45) is 0 Å². The van der Waals surface area contributed by atoms with E-state index in [9.17, 15) is 18.0 Å². The van der Waals surface area contributed by atoms with Crippen LogP contribution < -0.4 is 14.4 Å². The number of hydrogen-bond donors (Lipinski definition) is 1. The molecule has 0 bridgehead atoms. The lowest BCUT2D eigenvalue weighted by atomic mass is 9.95. The Hall–Kier alpha value is -2.78. The van der Waals surface area contributed by atoms with Crippen molar-refractivity contribution in [3.8, 4) is 5.75 Å². The zero-order chi connectivity index (χ0) is 27.0. The zero-order valence-corrected chi connectivity index (χ0v) is 23.2. The van der Waals surface area contributed by atoms with E-state index in [1.165, 1.54) is 18.1 Å². The second kappa shape index (κ2) is 13.1. The lowest BCUT2D eigenvalue weighted by Crippen LogP contribution is -2.53. The molecule has 1 N–H and O–H groups in total. The van der Waals surface area contributed by atoms with Crippen LogP contribution in [0.1, 0.15) is 44.6 Å². The van der Waals surface area contributed by atoms with Crippen molar-refractivity contribution in [3.63, 3.8) is 0 Å². The van der Waals surface area contributed by atoms with Gasteiger partial charge < -0.3 is 15.0 Å². The van der Waals surface area contributed by atoms with Gasteiger partial charge in [-0.05, 0) is 49.9 Å². The Balaban J connectivity index is 1.86. The molecule has 0 aliphatic heterocycles. The summed E-state index contributed by atoms with van der Waals surface area (Å²) >= 11 is 6.14. The Morgan fingerprint density at radius 2 is 1.78 bits per heavy atom. The van der Waals surface area contributed by atoms with Gasteiger partial charge in [0.05, 0.1) is 19.1 Å². The molecule has 3 rings (SSSR count). The van der Waals surface area contributed by atoms with Gasteiger partial charge in [-0.25, -0.2) is 8.42 Å². The first-order valence-electron chi connectivity index (χ1n) is 12.5. The number of nitrogens with one attached hydrogen (secondary N) is 1. The molecule has 1 aliphatic carbocycles. The van der Waals surface area contributed by atoms with Gasteiger partial charge in [0.15, 0.2) is 0 Å². The predicted molar refractivity (Wildman–Crippen MR) is 147 cm³/mol. The highest BCUT2D eigenvalue weighted by molar-refractivity contribution is 7.92. The van der Waals surface area contributed by atoms with Crippen LogP contribution in [0.15, 0.2) is 48.5 Å². The van der Waals surface area contributed by atoms with Gasteiger partial charge in [0, 0.05) is 17.6 Å². The number of hydrogen-bond acceptors (Lipinski definition) is 5. The minimum Gasteiger partial charge on any atom is -0.495 e. The first kappa shape index (κ1) is 28.8. The molecular formula is C27H36ClN3O5S. The van der Waals surface area contributed by atoms with Crippen molar-refractivity contribution in [3.05, 3.63) is 59.1 Å². The van der Waals surface area contributed by atoms with Crippen LogP contribution in [0.25, 0.3) is 0 Å². The van der Waals surface area contributed by atoms with E-state index in [0.717, 1.165) is 48.2 Å². The van der Waals surface area contributed by atoms with E-state index < -0.39 is 28.5 Å². The third kappa shape index (κ3) is 8.10. The summed E-state index contributed by atoms with van der Waals surface area (Å²) in [5, 5.41) is 3.39. The van der Waals surface area contributed by atoms with E-state index in [2.05, 4.69) is 5.32 Å². The fraction of sp³-hybridized carbons (Fsp3) is 0.481. The first-order chi connectivity index (χ1) is 17.6. The number of carbonyl (C=O) groups excluding carboxylic acids is 2. The van der Waals surface area contributed by atoms with Crippen molar-refractivity contribution < 1.29 is 22.7 Å². The maximum Gasteiger partial charge on any atom is 0.244 e. The average molecular weight is 550 g/mol. The van der Waals surface area contributed by atoms with Gasteiger partial charge in [-0.1, -0.05) is 61.2 Å². The second-order valence-corrected chi connectivity index (χ2v) is 11.8. The largest absolute Gasteiger partial charge is 0.495 e. The summed E-state index contributed by atoms with van der Waals surface area (Å²) in [5.41, 5.74) is 1.17. The van der Waals surface area contributed by atoms with Crippen molar-refractivity contribution in [1.82, 2.24) is 10.2 Å². The van der Waals surface area contributed by atoms with Crippen LogP contribution in [0.2, 0.25) is 5.02 Å². The van der Waals surface area contributed by atoms with Crippen molar-refractivity contribution in [2.45, 2.75) is 57.5 Å². The maximum atomic E-state index is 13.7. The van der Waals surface area contributed by atoms with Crippen LogP contribution in [0.5, 0.6) is 5.75 Å². The lowest BCUT2D eigenvalue weighted by Gasteiger charge is -2.33. The fourth-order valence-electron chi connectivity index (χ4n) is 4.59. The van der Waals surface area contributed by atoms with Gasteiger partial charge in [0.25, 0.3) is 0 Å². The van der Waals surface area contributed by atoms with Crippen molar-refractivity contribution >= 4 is 39.1 Å². The molecule has 37 heavy (non-hydrogen) atoms. The predicted octanol–water partition coefficient (Wildman–Crippen LogP) is 4.02. The lowest BCUT2D eigenvalue weighted by molar-refractivity contribution is -0.139. The molecule has 1 fully saturated rings. The number of halogens is 1. The Morgan fingerprint density at radius 3 is 2.41 bits per heavy atom. The average Bonchev–Trinajstić information content (AvgIpc) is 2.87. The highest BCUT2D eigenvalue weighted by Crippen LogP contribution is 2.33. The Labute approximate surface area is 225 Å². The molecule has 2 amide bonds. The summed E-state index contributed by atoms with van der Waals surface area (Å²) in [5.74, 6) is -0.462. The van der Waals surface area contributed by atoms with Crippen LogP contribution in [-0.4, -0.2) is 63.7 Å². The van der Waals surface area contributed by atoms with Gasteiger partial charge in [-0.3, -0.25) is 13.9 Å². The molecule has 1 atom stereocenters. The third-order valence-corrected chi connectivity index (χ3v) is 8.05. The van der Waals surface area contributed by atoms with Gasteiger partial charge in [-0.2, -0.15) is 0 Å². The Bertz CT molecular complexity index is 1170. The van der Waals surface area contributed by atoms with Gasteiger partial charge in [-0.15, -0.1) is 0 Å². The third-order valence-electron chi connectivity index (χ3n) is 6.69. The van der Waals surface area contributed by atoms with E-state index in [4.69, 9.17) is 16.3 Å². The monoisotopic (exact) mass is 549 g/mol. The van der Waals surface area contributed by atoms with Crippen LogP contribution in [0, 0.1) is 0 Å². The molecule has 0 aromatic heterocycles. The van der Waals surface area contributed by atoms with Crippen LogP contribution in [-0.2, 0) is 26.0 Å². The molecule has 0 radical (unpaired) electrons. The molecule has 0 heterocycles. The summed E-state index contributed by atoms with van der Waals surface area (Å²) in [4.78, 5) is 28.3. The summed E-state index contributed by atoms with van der Waals surface area (Å²) < 4.78 is 31.9. The molecule has 8 nitrogen and oxygen atoms in total. The highest BCUT2D eigenvalue weighted by atomic mass is 35.5. The number of carbonyl (C=O) groups is 2. The first-order valence-corrected chi connectivity index (χ1v) is 14.8. The summed E-state index contributed by atoms with van der Waals surface area (Å²) in [6.07, 6.45) is 6.69. The quantitative estimate of drug-likeness (QED) is 0.456. The zero-order valence-electron chi connectivity index (χ0n) is 21.7. The Kier molecular flexibility index (Phi) is 10.2. The maximum absolute atomic E-state index is 13.7. The number of benzene rings is 2. The minimum absolute atomic E-state index is 0.0954. The van der Waals surface area contributed by atoms with E-state index in [1.54, 1.807) is 19.1 Å². The minimum atomic E-state index is -3.89. The normalized spacial score (nSPS) is 15.0. The van der Waals surface area contributed by atoms with Crippen molar-refractivity contribution in [1.29, 1.82) is 0 Å². The smallest absolute Gasteiger partial charge is 0.244 e. The number of amides is 2. The molecule has 0 spiro atoms.